The van der Waals surface area contributed by atoms with Crippen LogP contribution in [0.25, 0.3) is 0 Å². The summed E-state index contributed by atoms with van der Waals surface area (Å²) in [6, 6.07) is 0. The van der Waals surface area contributed by atoms with E-state index in [1.807, 2.05) is 26.7 Å². The molecule has 0 bridgehead atoms. The molecule has 5 radical (unpaired) electrons. The zero-order valence-electron chi connectivity index (χ0n) is 15.5. The molecule has 0 spiro atoms. The van der Waals surface area contributed by atoms with Crippen molar-refractivity contribution in [2.24, 2.45) is 0 Å². The molecule has 0 aromatic carbocycles. The molecule has 27 heavy (non-hydrogen) atoms. The summed E-state index contributed by atoms with van der Waals surface area (Å²) in [5.41, 5.74) is 0.664. The molecule has 145 valence electrons. The van der Waals surface area contributed by atoms with Crippen LogP contribution < -0.4 is 5.32 Å². The lowest BCUT2D eigenvalue weighted by atomic mass is 10.1. The summed E-state index contributed by atoms with van der Waals surface area (Å²) in [4.78, 5) is 12.0. The molecule has 2 saturated heterocycles. The highest BCUT2D eigenvalue weighted by molar-refractivity contribution is 5.95. The Morgan fingerprint density at radius 3 is 2.78 bits per heavy atom. The Morgan fingerprint density at radius 2 is 2.04 bits per heavy atom. The van der Waals surface area contributed by atoms with Gasteiger partial charge in [-0.05, 0) is 39.5 Å². The first kappa shape index (κ1) is 18.8. The third-order valence-electron chi connectivity index (χ3n) is 4.65. The van der Waals surface area contributed by atoms with Gasteiger partial charge in [0.25, 0.3) is 0 Å². The van der Waals surface area contributed by atoms with Gasteiger partial charge in [-0.15, -0.1) is 5.10 Å². The van der Waals surface area contributed by atoms with E-state index >= 15 is 0 Å². The highest BCUT2D eigenvalue weighted by atomic mass is 16.8. The lowest BCUT2D eigenvalue weighted by Crippen LogP contribution is -2.33. The molecule has 1 aliphatic carbocycles. The molecule has 4 rings (SSSR count). The third kappa shape index (κ3) is 4.01. The Hall–Kier alpha value is -1.55. The maximum absolute atomic E-state index is 12.0. The molecule has 3 fully saturated rings. The molecule has 9 nitrogen and oxygen atoms in total. The van der Waals surface area contributed by atoms with Crippen LogP contribution in [-0.4, -0.2) is 58.4 Å². The smallest absolute Gasteiger partial charge is 0.228 e. The number of ether oxygens (including phenoxy) is 4. The van der Waals surface area contributed by atoms with Crippen LogP contribution in [0, 0.1) is 31.6 Å². The van der Waals surface area contributed by atoms with Crippen LogP contribution in [-0.2, 0) is 36.8 Å². The molecule has 1 saturated carbocycles. The number of nitrogens with zero attached hydrogens (tertiary/aromatic N) is 3. The normalized spacial score (nSPS) is 32.7. The zero-order valence-corrected chi connectivity index (χ0v) is 15.5. The summed E-state index contributed by atoms with van der Waals surface area (Å²) in [7, 11) is 1.59. The van der Waals surface area contributed by atoms with Crippen LogP contribution in [0.3, 0.4) is 0 Å². The highest BCUT2D eigenvalue weighted by Crippen LogP contribution is 2.39. The van der Waals surface area contributed by atoms with E-state index < -0.39 is 12.1 Å². The van der Waals surface area contributed by atoms with Gasteiger partial charge in [0.1, 0.15) is 24.0 Å². The van der Waals surface area contributed by atoms with Gasteiger partial charge in [0, 0.05) is 7.11 Å². The molecule has 1 aromatic rings. The first-order chi connectivity index (χ1) is 12.9. The largest absolute Gasteiger partial charge is 0.353 e. The number of rotatable bonds is 6. The molecule has 1 N–H and O–H groups in total. The van der Waals surface area contributed by atoms with Crippen molar-refractivity contribution in [3.8, 4) is 0 Å². The Morgan fingerprint density at radius 1 is 1.30 bits per heavy atom. The van der Waals surface area contributed by atoms with E-state index in [1.54, 1.807) is 30.8 Å². The second-order valence-electron chi connectivity index (χ2n) is 7.13. The summed E-state index contributed by atoms with van der Waals surface area (Å²) in [5, 5.41) is 11.0. The second-order valence-corrected chi connectivity index (χ2v) is 7.13. The van der Waals surface area contributed by atoms with Crippen molar-refractivity contribution in [3.63, 3.8) is 0 Å². The minimum Gasteiger partial charge on any atom is -0.353 e. The van der Waals surface area contributed by atoms with Crippen molar-refractivity contribution in [1.29, 1.82) is 0 Å². The van der Waals surface area contributed by atoms with Crippen LogP contribution >= 0.6 is 0 Å². The predicted molar refractivity (Wildman–Crippen MR) is 91.8 cm³/mol. The molecular weight excluding hydrogens is 352 g/mol. The van der Waals surface area contributed by atoms with Crippen LogP contribution in [0.1, 0.15) is 19.5 Å². The van der Waals surface area contributed by atoms with Crippen LogP contribution in [0.2, 0.25) is 0 Å². The van der Waals surface area contributed by atoms with Gasteiger partial charge < -0.3 is 24.3 Å². The maximum atomic E-state index is 12.0. The summed E-state index contributed by atoms with van der Waals surface area (Å²) in [6.07, 6.45) is 7.69. The van der Waals surface area contributed by atoms with Crippen LogP contribution in [0.4, 0.5) is 0 Å². The number of methoxy groups -OCH3 is 1. The monoisotopic (exact) mass is 375 g/mol. The minimum atomic E-state index is -0.674. The summed E-state index contributed by atoms with van der Waals surface area (Å²) >= 11 is 0. The van der Waals surface area contributed by atoms with Gasteiger partial charge >= 0.3 is 0 Å². The zero-order chi connectivity index (χ0) is 19.0. The van der Waals surface area contributed by atoms with Crippen molar-refractivity contribution in [1.82, 2.24) is 20.3 Å². The van der Waals surface area contributed by atoms with E-state index in [2.05, 4.69) is 15.6 Å². The fourth-order valence-electron chi connectivity index (χ4n) is 3.47. The molecule has 0 unspecified atom stereocenters. The average molecular weight is 375 g/mol. The highest BCUT2D eigenvalue weighted by Gasteiger charge is 2.55. The van der Waals surface area contributed by atoms with Gasteiger partial charge in [-0.3, -0.25) is 4.79 Å². The van der Waals surface area contributed by atoms with Crippen LogP contribution in [0.15, 0.2) is 6.20 Å². The first-order valence-corrected chi connectivity index (χ1v) is 8.88. The van der Waals surface area contributed by atoms with Crippen molar-refractivity contribution in [3.05, 3.63) is 43.5 Å². The van der Waals surface area contributed by atoms with Gasteiger partial charge in [-0.25, -0.2) is 4.68 Å². The number of hydrogen-bond acceptors (Lipinski definition) is 7. The number of hydrogen-bond donors (Lipinski definition) is 1. The Kier molecular flexibility index (Phi) is 5.19. The number of fused-ring (bicyclic) bond motifs is 1. The van der Waals surface area contributed by atoms with Crippen molar-refractivity contribution < 1.29 is 23.7 Å². The summed E-state index contributed by atoms with van der Waals surface area (Å²) in [5.74, 6) is -0.190. The van der Waals surface area contributed by atoms with Crippen molar-refractivity contribution in [2.45, 2.75) is 57.3 Å². The SMILES string of the molecule is CO[C@@H]1O[C@H](Cn2cc(CNC(=O)[C]3[CH][CH][CH][CH]3)nn2)[C@H]2OC(C)(C)O[C@@H]12. The fraction of sp³-hybridized carbons (Fsp3) is 0.556. The third-order valence-corrected chi connectivity index (χ3v) is 4.65. The summed E-state index contributed by atoms with van der Waals surface area (Å²) < 4.78 is 24.8. The quantitative estimate of drug-likeness (QED) is 0.758. The second kappa shape index (κ2) is 7.46. The van der Waals surface area contributed by atoms with Gasteiger partial charge in [-0.2, -0.15) is 0 Å². The predicted octanol–water partition coefficient (Wildman–Crippen LogP) is 0.191. The number of aromatic nitrogens is 3. The maximum Gasteiger partial charge on any atom is 0.228 e. The Balaban J connectivity index is 1.33. The first-order valence-electron chi connectivity index (χ1n) is 8.88. The number of nitrogens with one attached hydrogen (secondary N) is 1. The lowest BCUT2D eigenvalue weighted by molar-refractivity contribution is -0.228. The van der Waals surface area contributed by atoms with E-state index in [1.165, 1.54) is 0 Å². The fourth-order valence-corrected chi connectivity index (χ4v) is 3.47. The molecule has 2 aliphatic heterocycles. The Labute approximate surface area is 158 Å². The van der Waals surface area contributed by atoms with E-state index in [9.17, 15) is 4.79 Å². The minimum absolute atomic E-state index is 0.141. The molecule has 1 aromatic heterocycles. The van der Waals surface area contributed by atoms with Gasteiger partial charge in [0.05, 0.1) is 25.2 Å². The number of carbonyl (C=O) groups excluding carboxylic acids is 1. The van der Waals surface area contributed by atoms with Gasteiger partial charge in [-0.1, -0.05) is 5.21 Å². The van der Waals surface area contributed by atoms with Crippen molar-refractivity contribution in [2.75, 3.05) is 7.11 Å². The van der Waals surface area contributed by atoms with E-state index in [0.29, 0.717) is 24.7 Å². The lowest BCUT2D eigenvalue weighted by Gasteiger charge is -2.23. The molecule has 1 amide bonds. The van der Waals surface area contributed by atoms with Gasteiger partial charge in [0.2, 0.25) is 5.91 Å². The molecule has 4 atom stereocenters. The molecule has 3 heterocycles. The topological polar surface area (TPSA) is 96.7 Å². The standard InChI is InChI=1S/C18H23N4O5/c1-18(2)26-14-13(25-17(24-3)15(14)27-18)10-22-9-12(20-21-22)8-19-16(23)11-6-4-5-7-11/h4-7,9,13-15,17H,8,10H2,1-3H3,(H,19,23)/t13-,14-,15-,17-/m1/s1. The number of amides is 1. The molecule has 9 heteroatoms. The molecule has 3 aliphatic rings. The molecular formula is C18H23N4O5. The Bertz CT molecular complexity index is 672. The van der Waals surface area contributed by atoms with E-state index in [4.69, 9.17) is 18.9 Å². The summed E-state index contributed by atoms with van der Waals surface area (Å²) in [6.45, 7) is 4.50. The van der Waals surface area contributed by atoms with E-state index in [0.717, 1.165) is 0 Å². The van der Waals surface area contributed by atoms with Crippen LogP contribution in [0.5, 0.6) is 0 Å². The number of carbonyl (C=O) groups is 1. The average Bonchev–Trinajstić information content (AvgIpc) is 3.39. The van der Waals surface area contributed by atoms with Gasteiger partial charge in [0.15, 0.2) is 12.1 Å². The van der Waals surface area contributed by atoms with E-state index in [-0.39, 0.29) is 24.2 Å². The van der Waals surface area contributed by atoms with Crippen molar-refractivity contribution >= 4 is 5.91 Å².